The van der Waals surface area contributed by atoms with E-state index in [1.165, 1.54) is 0 Å². The molecule has 142 valence electrons. The van der Waals surface area contributed by atoms with Crippen LogP contribution < -0.4 is 0 Å². The van der Waals surface area contributed by atoms with Crippen LogP contribution in [0.2, 0.25) is 0 Å². The van der Waals surface area contributed by atoms with Crippen LogP contribution in [0.4, 0.5) is 0 Å². The van der Waals surface area contributed by atoms with Gasteiger partial charge in [-0.3, -0.25) is 9.59 Å². The highest BCUT2D eigenvalue weighted by Crippen LogP contribution is 1.98. The minimum absolute atomic E-state index is 0.0781. The number of carbonyl (C=O) groups is 2. The third-order valence-electron chi connectivity index (χ3n) is 4.69. The van der Waals surface area contributed by atoms with Gasteiger partial charge in [-0.1, -0.05) is 27.7 Å². The second kappa shape index (κ2) is 13.2. The molecule has 0 saturated carbocycles. The molecule has 6 heteroatoms. The predicted molar refractivity (Wildman–Crippen MR) is 100 cm³/mol. The van der Waals surface area contributed by atoms with Crippen LogP contribution in [-0.4, -0.2) is 96.9 Å². The van der Waals surface area contributed by atoms with Crippen molar-refractivity contribution in [1.29, 1.82) is 0 Å². The fourth-order valence-corrected chi connectivity index (χ4v) is 2.70. The Labute approximate surface area is 148 Å². The molecule has 0 N–H and O–H groups in total. The lowest BCUT2D eigenvalue weighted by molar-refractivity contribution is -0.133. The molecule has 0 bridgehead atoms. The summed E-state index contributed by atoms with van der Waals surface area (Å²) in [5, 5.41) is 0. The molecule has 0 aliphatic rings. The molecule has 0 aromatic carbocycles. The van der Waals surface area contributed by atoms with Gasteiger partial charge >= 0.3 is 0 Å². The van der Waals surface area contributed by atoms with Gasteiger partial charge in [0.05, 0.1) is 0 Å². The minimum atomic E-state index is 0.0781. The average Bonchev–Trinajstić information content (AvgIpc) is 2.56. The molecule has 0 rings (SSSR count). The fraction of sp³-hybridized carbons (Fsp3) is 0.889. The maximum Gasteiger partial charge on any atom is 0.219 e. The summed E-state index contributed by atoms with van der Waals surface area (Å²) in [6.07, 6.45) is 0. The first-order valence-electron chi connectivity index (χ1n) is 9.35. The molecule has 24 heavy (non-hydrogen) atoms. The SMILES string of the molecule is CCN(CC)CCN(CCN(CCN(CC)CC)C(C)=O)C(C)=O. The Morgan fingerprint density at radius 2 is 0.792 bits per heavy atom. The van der Waals surface area contributed by atoms with Crippen molar-refractivity contribution in [2.75, 3.05) is 65.4 Å². The second-order valence-corrected chi connectivity index (χ2v) is 6.07. The molecular weight excluding hydrogens is 304 g/mol. The van der Waals surface area contributed by atoms with Crippen molar-refractivity contribution in [3.8, 4) is 0 Å². The molecule has 0 unspecified atom stereocenters. The molecule has 0 spiro atoms. The van der Waals surface area contributed by atoms with Gasteiger partial charge in [0.15, 0.2) is 0 Å². The van der Waals surface area contributed by atoms with Crippen LogP contribution in [0.1, 0.15) is 41.5 Å². The number of amides is 2. The summed E-state index contributed by atoms with van der Waals surface area (Å²) in [4.78, 5) is 32.1. The number of nitrogens with zero attached hydrogens (tertiary/aromatic N) is 4. The molecule has 0 fully saturated rings. The monoisotopic (exact) mass is 342 g/mol. The van der Waals surface area contributed by atoms with E-state index in [1.54, 1.807) is 13.8 Å². The molecular formula is C18H38N4O2. The van der Waals surface area contributed by atoms with Gasteiger partial charge in [0.25, 0.3) is 0 Å². The van der Waals surface area contributed by atoms with Crippen molar-refractivity contribution in [2.24, 2.45) is 0 Å². The third-order valence-corrected chi connectivity index (χ3v) is 4.69. The zero-order valence-corrected chi connectivity index (χ0v) is 16.7. The minimum Gasteiger partial charge on any atom is -0.340 e. The number of hydrogen-bond acceptors (Lipinski definition) is 4. The Balaban J connectivity index is 4.49. The van der Waals surface area contributed by atoms with E-state index in [0.29, 0.717) is 13.1 Å². The lowest BCUT2D eigenvalue weighted by Gasteiger charge is -2.30. The molecule has 0 aliphatic heterocycles. The number of rotatable bonds is 13. The fourth-order valence-electron chi connectivity index (χ4n) is 2.70. The molecule has 6 nitrogen and oxygen atoms in total. The Morgan fingerprint density at radius 3 is 1.00 bits per heavy atom. The van der Waals surface area contributed by atoms with Crippen LogP contribution in [0.5, 0.6) is 0 Å². The molecule has 0 aromatic heterocycles. The molecule has 0 aromatic rings. The maximum atomic E-state index is 11.9. The van der Waals surface area contributed by atoms with Gasteiger partial charge in [-0.05, 0) is 26.2 Å². The van der Waals surface area contributed by atoms with E-state index in [1.807, 2.05) is 9.80 Å². The van der Waals surface area contributed by atoms with Crippen LogP contribution in [0, 0.1) is 0 Å². The van der Waals surface area contributed by atoms with Crippen molar-refractivity contribution < 1.29 is 9.59 Å². The van der Waals surface area contributed by atoms with Gasteiger partial charge in [-0.2, -0.15) is 0 Å². The lowest BCUT2D eigenvalue weighted by Crippen LogP contribution is -2.44. The number of likely N-dealkylation sites (N-methyl/N-ethyl adjacent to an activating group) is 2. The lowest BCUT2D eigenvalue weighted by atomic mass is 10.3. The van der Waals surface area contributed by atoms with Crippen LogP contribution >= 0.6 is 0 Å². The second-order valence-electron chi connectivity index (χ2n) is 6.07. The number of carbonyl (C=O) groups excluding carboxylic acids is 2. The standard InChI is InChI=1S/C18H38N4O2/c1-7-19(8-2)11-13-21(17(5)23)15-16-22(18(6)24)14-12-20(9-3)10-4/h7-16H2,1-6H3. The van der Waals surface area contributed by atoms with Crippen LogP contribution in [0.15, 0.2) is 0 Å². The van der Waals surface area contributed by atoms with Gasteiger partial charge < -0.3 is 19.6 Å². The number of hydrogen-bond donors (Lipinski definition) is 0. The van der Waals surface area contributed by atoms with E-state index in [0.717, 1.165) is 52.4 Å². The van der Waals surface area contributed by atoms with Crippen molar-refractivity contribution >= 4 is 11.8 Å². The Bertz CT molecular complexity index is 321. The highest BCUT2D eigenvalue weighted by atomic mass is 16.2. The summed E-state index contributed by atoms with van der Waals surface area (Å²) in [6.45, 7) is 20.1. The van der Waals surface area contributed by atoms with Crippen molar-refractivity contribution in [3.63, 3.8) is 0 Å². The van der Waals surface area contributed by atoms with Gasteiger partial charge in [0.1, 0.15) is 0 Å². The smallest absolute Gasteiger partial charge is 0.219 e. The molecule has 0 aliphatic carbocycles. The summed E-state index contributed by atoms with van der Waals surface area (Å²) in [6, 6.07) is 0. The molecule has 0 atom stereocenters. The predicted octanol–water partition coefficient (Wildman–Crippen LogP) is 1.37. The summed E-state index contributed by atoms with van der Waals surface area (Å²) in [5.41, 5.74) is 0. The summed E-state index contributed by atoms with van der Waals surface area (Å²) >= 11 is 0. The Morgan fingerprint density at radius 1 is 0.542 bits per heavy atom. The van der Waals surface area contributed by atoms with Crippen molar-refractivity contribution in [3.05, 3.63) is 0 Å². The molecule has 0 radical (unpaired) electrons. The van der Waals surface area contributed by atoms with Crippen molar-refractivity contribution in [2.45, 2.75) is 41.5 Å². The van der Waals surface area contributed by atoms with Gasteiger partial charge in [-0.15, -0.1) is 0 Å². The molecule has 2 amide bonds. The normalized spacial score (nSPS) is 11.2. The highest BCUT2D eigenvalue weighted by molar-refractivity contribution is 5.74. The van der Waals surface area contributed by atoms with Gasteiger partial charge in [0.2, 0.25) is 11.8 Å². The van der Waals surface area contributed by atoms with E-state index in [2.05, 4.69) is 37.5 Å². The third kappa shape index (κ3) is 9.23. The first kappa shape index (κ1) is 22.9. The first-order valence-corrected chi connectivity index (χ1v) is 9.35. The van der Waals surface area contributed by atoms with Gasteiger partial charge in [-0.25, -0.2) is 0 Å². The largest absolute Gasteiger partial charge is 0.340 e. The van der Waals surface area contributed by atoms with Crippen LogP contribution in [0.3, 0.4) is 0 Å². The Hall–Kier alpha value is -1.14. The topological polar surface area (TPSA) is 47.1 Å². The van der Waals surface area contributed by atoms with Gasteiger partial charge in [0, 0.05) is 53.1 Å². The quantitative estimate of drug-likeness (QED) is 0.507. The Kier molecular flexibility index (Phi) is 12.6. The van der Waals surface area contributed by atoms with E-state index in [9.17, 15) is 9.59 Å². The maximum absolute atomic E-state index is 11.9. The zero-order valence-electron chi connectivity index (χ0n) is 16.7. The van der Waals surface area contributed by atoms with Crippen molar-refractivity contribution in [1.82, 2.24) is 19.6 Å². The summed E-state index contributed by atoms with van der Waals surface area (Å²) in [5.74, 6) is 0.156. The van der Waals surface area contributed by atoms with E-state index < -0.39 is 0 Å². The van der Waals surface area contributed by atoms with E-state index in [4.69, 9.17) is 0 Å². The average molecular weight is 343 g/mol. The zero-order chi connectivity index (χ0) is 18.5. The van der Waals surface area contributed by atoms with E-state index >= 15 is 0 Å². The van der Waals surface area contributed by atoms with E-state index in [-0.39, 0.29) is 11.8 Å². The molecule has 0 saturated heterocycles. The summed E-state index contributed by atoms with van der Waals surface area (Å²) in [7, 11) is 0. The van der Waals surface area contributed by atoms with Crippen LogP contribution in [0.25, 0.3) is 0 Å². The molecule has 0 heterocycles. The first-order chi connectivity index (χ1) is 11.4. The highest BCUT2D eigenvalue weighted by Gasteiger charge is 2.15. The summed E-state index contributed by atoms with van der Waals surface area (Å²) < 4.78 is 0. The van der Waals surface area contributed by atoms with Crippen LogP contribution in [-0.2, 0) is 9.59 Å².